The minimum atomic E-state index is -0.415. The molecule has 204 valence electrons. The van der Waals surface area contributed by atoms with E-state index in [1.54, 1.807) is 17.7 Å². The second-order valence-corrected chi connectivity index (χ2v) is 11.4. The maximum atomic E-state index is 14.1. The van der Waals surface area contributed by atoms with Crippen molar-refractivity contribution in [1.29, 1.82) is 0 Å². The van der Waals surface area contributed by atoms with Gasteiger partial charge in [-0.25, -0.2) is 4.98 Å². The number of amides is 1. The second kappa shape index (κ2) is 11.4. The number of para-hydroxylation sites is 1. The molecule has 6 heteroatoms. The third-order valence-electron chi connectivity index (χ3n) is 7.01. The molecular weight excluding hydrogens is 486 g/mol. The fourth-order valence-corrected chi connectivity index (χ4v) is 4.92. The lowest BCUT2D eigenvalue weighted by Gasteiger charge is -2.34. The Hall–Kier alpha value is -3.93. The molecule has 0 radical (unpaired) electrons. The fourth-order valence-electron chi connectivity index (χ4n) is 4.92. The molecule has 3 aromatic carbocycles. The highest BCUT2D eigenvalue weighted by molar-refractivity contribution is 5.94. The Morgan fingerprint density at radius 1 is 0.974 bits per heavy atom. The number of fused-ring (bicyclic) bond motifs is 1. The molecule has 4 aromatic rings. The van der Waals surface area contributed by atoms with E-state index >= 15 is 0 Å². The maximum absolute atomic E-state index is 14.1. The SMILES string of the molecule is CCC(c1nc2ccccc2c(=O)n1-c1ccc(OC)cc1)N(CC(C)C)C(=O)c1ccc(C(C)(C)C)cc1. The van der Waals surface area contributed by atoms with E-state index in [0.29, 0.717) is 46.7 Å². The summed E-state index contributed by atoms with van der Waals surface area (Å²) in [6, 6.07) is 22.2. The van der Waals surface area contributed by atoms with Crippen molar-refractivity contribution in [3.05, 3.63) is 100 Å². The third kappa shape index (κ3) is 5.90. The van der Waals surface area contributed by atoms with Crippen molar-refractivity contribution in [3.8, 4) is 11.4 Å². The Balaban J connectivity index is 1.89. The van der Waals surface area contributed by atoms with Gasteiger partial charge >= 0.3 is 0 Å². The van der Waals surface area contributed by atoms with E-state index in [-0.39, 0.29) is 22.8 Å². The molecule has 0 spiro atoms. The van der Waals surface area contributed by atoms with Gasteiger partial charge in [0.05, 0.1) is 29.7 Å². The summed E-state index contributed by atoms with van der Waals surface area (Å²) in [4.78, 5) is 34.9. The van der Waals surface area contributed by atoms with Crippen molar-refractivity contribution < 1.29 is 9.53 Å². The number of aromatic nitrogens is 2. The van der Waals surface area contributed by atoms with Crippen molar-refractivity contribution >= 4 is 16.8 Å². The number of ether oxygens (including phenoxy) is 1. The molecule has 1 heterocycles. The Labute approximate surface area is 231 Å². The van der Waals surface area contributed by atoms with E-state index in [2.05, 4.69) is 34.6 Å². The van der Waals surface area contributed by atoms with Crippen LogP contribution in [0.1, 0.15) is 75.8 Å². The Morgan fingerprint density at radius 2 is 1.62 bits per heavy atom. The average Bonchev–Trinajstić information content (AvgIpc) is 2.92. The van der Waals surface area contributed by atoms with Gasteiger partial charge in [0.25, 0.3) is 11.5 Å². The molecule has 0 N–H and O–H groups in total. The highest BCUT2D eigenvalue weighted by Crippen LogP contribution is 2.30. The van der Waals surface area contributed by atoms with E-state index in [1.807, 2.05) is 78.6 Å². The van der Waals surface area contributed by atoms with E-state index in [1.165, 1.54) is 5.56 Å². The van der Waals surface area contributed by atoms with Gasteiger partial charge in [-0.1, -0.05) is 65.8 Å². The lowest BCUT2D eigenvalue weighted by molar-refractivity contribution is 0.0631. The molecule has 0 saturated heterocycles. The minimum absolute atomic E-state index is 0.00536. The zero-order chi connectivity index (χ0) is 28.3. The Morgan fingerprint density at radius 3 is 2.18 bits per heavy atom. The van der Waals surface area contributed by atoms with Gasteiger partial charge in [-0.05, 0) is 71.8 Å². The largest absolute Gasteiger partial charge is 0.497 e. The van der Waals surface area contributed by atoms with E-state index in [9.17, 15) is 9.59 Å². The van der Waals surface area contributed by atoms with Crippen molar-refractivity contribution in [2.45, 2.75) is 59.4 Å². The van der Waals surface area contributed by atoms with Crippen molar-refractivity contribution in [1.82, 2.24) is 14.5 Å². The van der Waals surface area contributed by atoms with Crippen LogP contribution < -0.4 is 10.3 Å². The van der Waals surface area contributed by atoms with Crippen LogP contribution in [0.5, 0.6) is 5.75 Å². The zero-order valence-corrected chi connectivity index (χ0v) is 24.1. The van der Waals surface area contributed by atoms with Gasteiger partial charge in [-0.3, -0.25) is 14.2 Å². The molecule has 1 aromatic heterocycles. The first-order chi connectivity index (χ1) is 18.5. The van der Waals surface area contributed by atoms with Gasteiger partial charge in [0.15, 0.2) is 0 Å². The van der Waals surface area contributed by atoms with Gasteiger partial charge in [-0.15, -0.1) is 0 Å². The number of methoxy groups -OCH3 is 1. The molecule has 0 saturated carbocycles. The lowest BCUT2D eigenvalue weighted by atomic mass is 9.86. The molecule has 4 rings (SSSR count). The van der Waals surface area contributed by atoms with Crippen LogP contribution >= 0.6 is 0 Å². The van der Waals surface area contributed by atoms with Crippen LogP contribution in [0.2, 0.25) is 0 Å². The molecule has 39 heavy (non-hydrogen) atoms. The zero-order valence-electron chi connectivity index (χ0n) is 24.1. The van der Waals surface area contributed by atoms with Gasteiger partial charge in [0.1, 0.15) is 11.6 Å². The van der Waals surface area contributed by atoms with Crippen LogP contribution in [0.25, 0.3) is 16.6 Å². The first-order valence-corrected chi connectivity index (χ1v) is 13.6. The number of rotatable bonds is 8. The number of benzene rings is 3. The van der Waals surface area contributed by atoms with Crippen molar-refractivity contribution in [3.63, 3.8) is 0 Å². The molecule has 1 amide bonds. The molecule has 0 aliphatic carbocycles. The van der Waals surface area contributed by atoms with Gasteiger partial charge < -0.3 is 9.64 Å². The predicted molar refractivity (Wildman–Crippen MR) is 158 cm³/mol. The van der Waals surface area contributed by atoms with Crippen LogP contribution in [-0.2, 0) is 5.41 Å². The van der Waals surface area contributed by atoms with Crippen molar-refractivity contribution in [2.24, 2.45) is 5.92 Å². The van der Waals surface area contributed by atoms with Crippen molar-refractivity contribution in [2.75, 3.05) is 13.7 Å². The summed E-state index contributed by atoms with van der Waals surface area (Å²) in [5.74, 6) is 1.40. The van der Waals surface area contributed by atoms with E-state index in [0.717, 1.165) is 0 Å². The van der Waals surface area contributed by atoms with Gasteiger partial charge in [0, 0.05) is 12.1 Å². The standard InChI is InChI=1S/C33H39N3O3/c1-8-29(35(21-22(2)3)31(37)23-13-15-24(16-14-23)33(4,5)6)30-34-28-12-10-9-11-27(28)32(38)36(30)25-17-19-26(39-7)20-18-25/h9-20,22,29H,8,21H2,1-7H3. The number of hydrogen-bond donors (Lipinski definition) is 0. The third-order valence-corrected chi connectivity index (χ3v) is 7.01. The average molecular weight is 526 g/mol. The van der Waals surface area contributed by atoms with E-state index in [4.69, 9.17) is 9.72 Å². The van der Waals surface area contributed by atoms with E-state index < -0.39 is 6.04 Å². The highest BCUT2D eigenvalue weighted by Gasteiger charge is 2.30. The summed E-state index contributed by atoms with van der Waals surface area (Å²) in [5.41, 5.74) is 2.93. The van der Waals surface area contributed by atoms with Crippen LogP contribution in [-0.4, -0.2) is 34.0 Å². The second-order valence-electron chi connectivity index (χ2n) is 11.4. The quantitative estimate of drug-likeness (QED) is 0.250. The maximum Gasteiger partial charge on any atom is 0.266 e. The highest BCUT2D eigenvalue weighted by atomic mass is 16.5. The molecule has 0 aliphatic rings. The Bertz CT molecular complexity index is 1500. The number of hydrogen-bond acceptors (Lipinski definition) is 4. The predicted octanol–water partition coefficient (Wildman–Crippen LogP) is 6.94. The first kappa shape index (κ1) is 28.1. The molecule has 1 unspecified atom stereocenters. The van der Waals surface area contributed by atoms with Crippen LogP contribution in [0, 0.1) is 5.92 Å². The molecule has 6 nitrogen and oxygen atoms in total. The topological polar surface area (TPSA) is 64.4 Å². The normalized spacial score (nSPS) is 12.5. The number of nitrogens with zero attached hydrogens (tertiary/aromatic N) is 3. The summed E-state index contributed by atoms with van der Waals surface area (Å²) < 4.78 is 6.99. The fraction of sp³-hybridized carbons (Fsp3) is 0.364. The molecule has 0 fully saturated rings. The van der Waals surface area contributed by atoms with Gasteiger partial charge in [-0.2, -0.15) is 0 Å². The summed E-state index contributed by atoms with van der Waals surface area (Å²) in [6.45, 7) is 13.2. The van der Waals surface area contributed by atoms with Crippen LogP contribution in [0.4, 0.5) is 0 Å². The van der Waals surface area contributed by atoms with Gasteiger partial charge in [0.2, 0.25) is 0 Å². The number of carbonyl (C=O) groups excluding carboxylic acids is 1. The minimum Gasteiger partial charge on any atom is -0.497 e. The summed E-state index contributed by atoms with van der Waals surface area (Å²) in [6.07, 6.45) is 0.597. The molecule has 0 bridgehead atoms. The smallest absolute Gasteiger partial charge is 0.266 e. The summed E-state index contributed by atoms with van der Waals surface area (Å²) >= 11 is 0. The van der Waals surface area contributed by atoms with Crippen LogP contribution in [0.15, 0.2) is 77.6 Å². The molecule has 1 atom stereocenters. The van der Waals surface area contributed by atoms with Crippen LogP contribution in [0.3, 0.4) is 0 Å². The number of carbonyl (C=O) groups is 1. The first-order valence-electron chi connectivity index (χ1n) is 13.6. The Kier molecular flexibility index (Phi) is 8.24. The summed E-state index contributed by atoms with van der Waals surface area (Å²) in [7, 11) is 1.61. The summed E-state index contributed by atoms with van der Waals surface area (Å²) in [5, 5.41) is 0.534. The molecule has 0 aliphatic heterocycles. The monoisotopic (exact) mass is 525 g/mol. The lowest BCUT2D eigenvalue weighted by Crippen LogP contribution is -2.40. The molecular formula is C33H39N3O3.